The van der Waals surface area contributed by atoms with E-state index in [9.17, 15) is 14.4 Å². The minimum Gasteiger partial charge on any atom is -0.458 e. The molecule has 0 radical (unpaired) electrons. The summed E-state index contributed by atoms with van der Waals surface area (Å²) in [6, 6.07) is 9.84. The summed E-state index contributed by atoms with van der Waals surface area (Å²) < 4.78 is 6.41. The van der Waals surface area contributed by atoms with Crippen molar-refractivity contribution in [3.63, 3.8) is 0 Å². The summed E-state index contributed by atoms with van der Waals surface area (Å²) in [5, 5.41) is 2.98. The maximum absolute atomic E-state index is 14.0. The van der Waals surface area contributed by atoms with Gasteiger partial charge in [0.25, 0.3) is 5.91 Å². The first-order chi connectivity index (χ1) is 19.2. The molecule has 41 heavy (non-hydrogen) atoms. The Bertz CT molecular complexity index is 1390. The highest BCUT2D eigenvalue weighted by Crippen LogP contribution is 2.30. The van der Waals surface area contributed by atoms with E-state index >= 15 is 0 Å². The number of carbonyl (C=O) groups is 3. The van der Waals surface area contributed by atoms with E-state index in [2.05, 4.69) is 52.0 Å². The van der Waals surface area contributed by atoms with Crippen LogP contribution in [0, 0.1) is 0 Å². The van der Waals surface area contributed by atoms with Crippen LogP contribution in [0.25, 0.3) is 11.4 Å². The Morgan fingerprint density at radius 2 is 1.71 bits per heavy atom. The van der Waals surface area contributed by atoms with E-state index in [-0.39, 0.29) is 23.7 Å². The van der Waals surface area contributed by atoms with E-state index in [0.29, 0.717) is 30.1 Å². The van der Waals surface area contributed by atoms with Gasteiger partial charge in [-0.2, -0.15) is 0 Å². The largest absolute Gasteiger partial charge is 0.458 e. The topological polar surface area (TPSA) is 101 Å². The minimum absolute atomic E-state index is 0.0884. The highest BCUT2D eigenvalue weighted by atomic mass is 79.9. The van der Waals surface area contributed by atoms with Crippen molar-refractivity contribution in [1.82, 2.24) is 20.2 Å². The fraction of sp³-hybridized carbons (Fsp3) is 0.452. The molecule has 1 N–H and O–H groups in total. The monoisotopic (exact) mass is 640 g/mol. The molecular formula is C31H37BrN4O4S. The molecule has 2 amide bonds. The van der Waals surface area contributed by atoms with E-state index in [0.717, 1.165) is 20.5 Å². The third kappa shape index (κ3) is 8.01. The van der Waals surface area contributed by atoms with Crippen molar-refractivity contribution in [3.05, 3.63) is 68.6 Å². The number of benzene rings is 1. The van der Waals surface area contributed by atoms with Crippen LogP contribution in [0.5, 0.6) is 0 Å². The van der Waals surface area contributed by atoms with Crippen molar-refractivity contribution < 1.29 is 19.1 Å². The number of hydrogen-bond acceptors (Lipinski definition) is 7. The lowest BCUT2D eigenvalue weighted by molar-refractivity contribution is -0.163. The molecule has 218 valence electrons. The van der Waals surface area contributed by atoms with Crippen molar-refractivity contribution in [2.75, 3.05) is 6.54 Å². The number of nitrogens with zero attached hydrogens (tertiary/aromatic N) is 3. The van der Waals surface area contributed by atoms with Gasteiger partial charge >= 0.3 is 5.97 Å². The van der Waals surface area contributed by atoms with Gasteiger partial charge in [-0.3, -0.25) is 9.59 Å². The predicted molar refractivity (Wildman–Crippen MR) is 164 cm³/mol. The van der Waals surface area contributed by atoms with Crippen LogP contribution in [0.15, 0.2) is 53.3 Å². The molecule has 2 aromatic heterocycles. The number of amides is 2. The molecule has 0 bridgehead atoms. The Morgan fingerprint density at radius 1 is 1.05 bits per heavy atom. The molecule has 1 fully saturated rings. The molecule has 10 heteroatoms. The van der Waals surface area contributed by atoms with Gasteiger partial charge in [0.05, 0.1) is 9.35 Å². The number of hydrogen-bond donors (Lipinski definition) is 1. The summed E-state index contributed by atoms with van der Waals surface area (Å²) in [6.45, 7) is 12.2. The van der Waals surface area contributed by atoms with Gasteiger partial charge in [-0.1, -0.05) is 45.0 Å². The van der Waals surface area contributed by atoms with Gasteiger partial charge < -0.3 is 15.0 Å². The number of thiophene rings is 1. The first-order valence-corrected chi connectivity index (χ1v) is 15.3. The maximum Gasteiger partial charge on any atom is 0.329 e. The predicted octanol–water partition coefficient (Wildman–Crippen LogP) is 5.94. The molecule has 1 saturated heterocycles. The first-order valence-electron chi connectivity index (χ1n) is 13.7. The van der Waals surface area contributed by atoms with Gasteiger partial charge in [0.2, 0.25) is 5.91 Å². The number of aromatic nitrogens is 2. The van der Waals surface area contributed by atoms with Crippen LogP contribution in [-0.4, -0.2) is 56.9 Å². The van der Waals surface area contributed by atoms with Gasteiger partial charge in [0.1, 0.15) is 17.7 Å². The summed E-state index contributed by atoms with van der Waals surface area (Å²) in [6.07, 6.45) is 4.86. The number of halogens is 1. The summed E-state index contributed by atoms with van der Waals surface area (Å²) in [5.74, 6) is -0.429. The fourth-order valence-electron chi connectivity index (χ4n) is 4.62. The maximum atomic E-state index is 14.0. The third-order valence-electron chi connectivity index (χ3n) is 6.66. The Labute approximate surface area is 254 Å². The van der Waals surface area contributed by atoms with E-state index < -0.39 is 23.7 Å². The van der Waals surface area contributed by atoms with Crippen LogP contribution in [0.3, 0.4) is 0 Å². The van der Waals surface area contributed by atoms with Gasteiger partial charge in [0, 0.05) is 35.8 Å². The molecule has 2 atom stereocenters. The van der Waals surface area contributed by atoms with E-state index in [4.69, 9.17) is 4.74 Å². The van der Waals surface area contributed by atoms with E-state index in [1.165, 1.54) is 11.3 Å². The second kappa shape index (κ2) is 12.4. The average Bonchev–Trinajstić information content (AvgIpc) is 3.58. The first kappa shape index (κ1) is 30.8. The zero-order valence-corrected chi connectivity index (χ0v) is 26.8. The normalized spacial score (nSPS) is 16.4. The molecule has 0 aliphatic carbocycles. The van der Waals surface area contributed by atoms with Gasteiger partial charge in [-0.25, -0.2) is 14.8 Å². The Morgan fingerprint density at radius 3 is 2.29 bits per heavy atom. The van der Waals surface area contributed by atoms with E-state index in [1.54, 1.807) is 23.4 Å². The van der Waals surface area contributed by atoms with Crippen LogP contribution < -0.4 is 5.32 Å². The number of rotatable bonds is 7. The lowest BCUT2D eigenvalue weighted by Crippen LogP contribution is -2.53. The highest BCUT2D eigenvalue weighted by Gasteiger charge is 2.40. The number of esters is 1. The van der Waals surface area contributed by atoms with Crippen molar-refractivity contribution in [2.45, 2.75) is 83.9 Å². The highest BCUT2D eigenvalue weighted by molar-refractivity contribution is 9.10. The molecule has 1 aliphatic rings. The Hall–Kier alpha value is -3.11. The van der Waals surface area contributed by atoms with Crippen LogP contribution in [0.2, 0.25) is 0 Å². The quantitative estimate of drug-likeness (QED) is 0.321. The van der Waals surface area contributed by atoms with Crippen LogP contribution >= 0.6 is 27.3 Å². The molecule has 0 spiro atoms. The van der Waals surface area contributed by atoms with Crippen molar-refractivity contribution in [1.29, 1.82) is 0 Å². The number of carbonyl (C=O) groups excluding carboxylic acids is 3. The van der Waals surface area contributed by atoms with E-state index in [1.807, 2.05) is 51.1 Å². The molecular weight excluding hydrogens is 604 g/mol. The summed E-state index contributed by atoms with van der Waals surface area (Å²) >= 11 is 4.77. The number of likely N-dealkylation sites (tertiary alicyclic amines) is 1. The molecule has 1 aliphatic heterocycles. The van der Waals surface area contributed by atoms with Crippen LogP contribution in [0.1, 0.15) is 74.5 Å². The Kier molecular flexibility index (Phi) is 9.33. The molecule has 4 rings (SSSR count). The zero-order chi connectivity index (χ0) is 29.9. The third-order valence-corrected chi connectivity index (χ3v) is 8.58. The lowest BCUT2D eigenvalue weighted by atomic mass is 9.95. The molecule has 0 saturated carbocycles. The van der Waals surface area contributed by atoms with Crippen LogP contribution in [0.4, 0.5) is 0 Å². The summed E-state index contributed by atoms with van der Waals surface area (Å²) in [7, 11) is 0. The van der Waals surface area contributed by atoms with Crippen molar-refractivity contribution in [3.8, 4) is 11.4 Å². The average molecular weight is 642 g/mol. The number of nitrogens with one attached hydrogen (secondary N) is 1. The van der Waals surface area contributed by atoms with Crippen molar-refractivity contribution >= 4 is 45.1 Å². The lowest BCUT2D eigenvalue weighted by Gasteiger charge is -2.30. The summed E-state index contributed by atoms with van der Waals surface area (Å²) in [4.78, 5) is 52.2. The molecule has 1 unspecified atom stereocenters. The molecule has 3 heterocycles. The van der Waals surface area contributed by atoms with Gasteiger partial charge in [-0.15, -0.1) is 11.3 Å². The Balaban J connectivity index is 1.58. The van der Waals surface area contributed by atoms with Crippen LogP contribution in [-0.2, 0) is 26.2 Å². The molecule has 8 nitrogen and oxygen atoms in total. The van der Waals surface area contributed by atoms with Gasteiger partial charge in [-0.05, 0) is 72.7 Å². The second-order valence-electron chi connectivity index (χ2n) is 12.3. The summed E-state index contributed by atoms with van der Waals surface area (Å²) in [5.41, 5.74) is 0.950. The smallest absolute Gasteiger partial charge is 0.329 e. The fourth-order valence-corrected chi connectivity index (χ4v) is 5.80. The molecule has 1 aromatic carbocycles. The second-order valence-corrected chi connectivity index (χ2v) is 14.3. The standard InChI is InChI=1S/C31H37BrN4O4S/c1-30(2,3)25-14-13-24(41-25)27(37)35-22(28(38)36-15-7-8-23(36)29(39)40-31(4,5)6)16-19-9-11-20(12-10-19)26-33-17-21(32)18-34-26/h9-14,17-18,22-23H,7-8,15-16H2,1-6H3,(H,35,37)/t22-,23?/m0/s1. The van der Waals surface area contributed by atoms with Crippen molar-refractivity contribution in [2.24, 2.45) is 0 Å². The SMILES string of the molecule is CC(C)(C)OC(=O)C1CCCN1C(=O)[C@H](Cc1ccc(-c2ncc(Br)cn2)cc1)NC(=O)c1ccc(C(C)(C)C)s1. The minimum atomic E-state index is -0.861. The van der Waals surface area contributed by atoms with Gasteiger partial charge in [0.15, 0.2) is 5.82 Å². The number of ether oxygens (including phenoxy) is 1. The molecule has 3 aromatic rings. The zero-order valence-electron chi connectivity index (χ0n) is 24.4.